The summed E-state index contributed by atoms with van der Waals surface area (Å²) in [5, 5.41) is 8.97. The smallest absolute Gasteiger partial charge is 0.240 e. The number of hydrogen-bond donors (Lipinski definition) is 0. The van der Waals surface area contributed by atoms with Crippen molar-refractivity contribution in [1.29, 1.82) is 5.26 Å². The lowest BCUT2D eigenvalue weighted by Gasteiger charge is -2.31. The Balaban J connectivity index is 2.66. The number of amides is 1. The van der Waals surface area contributed by atoms with Crippen molar-refractivity contribution in [3.05, 3.63) is 0 Å². The third-order valence-electron chi connectivity index (χ3n) is 3.46. The molecule has 0 spiro atoms. The van der Waals surface area contributed by atoms with E-state index in [-0.39, 0.29) is 31.6 Å². The van der Waals surface area contributed by atoms with Crippen molar-refractivity contribution in [2.45, 2.75) is 31.8 Å². The van der Waals surface area contributed by atoms with Gasteiger partial charge in [0.25, 0.3) is 0 Å². The molecular formula is C14H24N2O5. The molecular weight excluding hydrogens is 276 g/mol. The largest absolute Gasteiger partial charge is 0.359 e. The van der Waals surface area contributed by atoms with Crippen molar-refractivity contribution >= 4 is 5.91 Å². The lowest BCUT2D eigenvalue weighted by atomic mass is 10.1. The zero-order valence-corrected chi connectivity index (χ0v) is 12.9. The van der Waals surface area contributed by atoms with Gasteiger partial charge in [0.05, 0.1) is 31.4 Å². The first-order valence-electron chi connectivity index (χ1n) is 7.00. The summed E-state index contributed by atoms with van der Waals surface area (Å²) in [7, 11) is 3.10. The molecule has 1 rings (SSSR count). The van der Waals surface area contributed by atoms with Gasteiger partial charge in [-0.1, -0.05) is 0 Å². The van der Waals surface area contributed by atoms with Gasteiger partial charge in [-0.25, -0.2) is 0 Å². The molecule has 1 aliphatic rings. The highest BCUT2D eigenvalue weighted by Crippen LogP contribution is 2.26. The lowest BCUT2D eigenvalue weighted by molar-refractivity contribution is -0.141. The lowest BCUT2D eigenvalue weighted by Crippen LogP contribution is -2.47. The Morgan fingerprint density at radius 1 is 1.19 bits per heavy atom. The fourth-order valence-electron chi connectivity index (χ4n) is 2.46. The molecule has 0 aliphatic carbocycles. The maximum Gasteiger partial charge on any atom is 0.240 e. The molecule has 120 valence electrons. The highest BCUT2D eigenvalue weighted by molar-refractivity contribution is 5.81. The first-order valence-corrected chi connectivity index (χ1v) is 7.00. The zero-order chi connectivity index (χ0) is 15.7. The zero-order valence-electron chi connectivity index (χ0n) is 12.9. The molecule has 3 atom stereocenters. The Morgan fingerprint density at radius 3 is 2.05 bits per heavy atom. The van der Waals surface area contributed by atoms with Crippen LogP contribution in [0.15, 0.2) is 0 Å². The Hall–Kier alpha value is -1.20. The van der Waals surface area contributed by atoms with Gasteiger partial charge in [-0.3, -0.25) is 4.79 Å². The van der Waals surface area contributed by atoms with Crippen LogP contribution in [0.1, 0.15) is 19.8 Å². The van der Waals surface area contributed by atoms with Crippen LogP contribution in [0.3, 0.4) is 0 Å². The molecule has 1 heterocycles. The SMILES string of the molecule is COCOC[C@H]1CC[C@H](COCOC)N1C(=O)C(C)C#N. The second-order valence-corrected chi connectivity index (χ2v) is 5.04. The Morgan fingerprint density at radius 2 is 1.67 bits per heavy atom. The number of nitriles is 1. The molecule has 0 saturated carbocycles. The Kier molecular flexibility index (Phi) is 8.23. The van der Waals surface area contributed by atoms with E-state index < -0.39 is 5.92 Å². The molecule has 7 heteroatoms. The minimum Gasteiger partial charge on any atom is -0.359 e. The summed E-state index contributed by atoms with van der Waals surface area (Å²) in [4.78, 5) is 14.1. The van der Waals surface area contributed by atoms with E-state index in [0.717, 1.165) is 12.8 Å². The van der Waals surface area contributed by atoms with Gasteiger partial charge in [-0.05, 0) is 19.8 Å². The van der Waals surface area contributed by atoms with Crippen LogP contribution in [-0.4, -0.2) is 63.9 Å². The molecule has 0 aromatic heterocycles. The quantitative estimate of drug-likeness (QED) is 0.461. The maximum atomic E-state index is 12.4. The van der Waals surface area contributed by atoms with Gasteiger partial charge in [-0.15, -0.1) is 0 Å². The average Bonchev–Trinajstić information content (AvgIpc) is 2.89. The Bertz CT molecular complexity index is 340. The molecule has 1 amide bonds. The molecule has 0 bridgehead atoms. The molecule has 0 aromatic carbocycles. The van der Waals surface area contributed by atoms with Gasteiger partial charge in [-0.2, -0.15) is 5.26 Å². The number of methoxy groups -OCH3 is 2. The van der Waals surface area contributed by atoms with Crippen molar-refractivity contribution in [2.75, 3.05) is 41.0 Å². The third kappa shape index (κ3) is 5.25. The van der Waals surface area contributed by atoms with Crippen LogP contribution >= 0.6 is 0 Å². The van der Waals surface area contributed by atoms with Gasteiger partial charge in [0.15, 0.2) is 0 Å². The van der Waals surface area contributed by atoms with Gasteiger partial charge < -0.3 is 23.8 Å². The predicted octanol–water partition coefficient (Wildman–Crippen LogP) is 0.747. The van der Waals surface area contributed by atoms with Gasteiger partial charge >= 0.3 is 0 Å². The summed E-state index contributed by atoms with van der Waals surface area (Å²) in [6, 6.07) is 1.91. The van der Waals surface area contributed by atoms with Crippen LogP contribution < -0.4 is 0 Å². The Labute approximate surface area is 125 Å². The van der Waals surface area contributed by atoms with Gasteiger partial charge in [0.1, 0.15) is 19.5 Å². The van der Waals surface area contributed by atoms with E-state index >= 15 is 0 Å². The van der Waals surface area contributed by atoms with E-state index in [9.17, 15) is 4.79 Å². The second-order valence-electron chi connectivity index (χ2n) is 5.04. The molecule has 1 fully saturated rings. The second kappa shape index (κ2) is 9.68. The van der Waals surface area contributed by atoms with Crippen molar-refractivity contribution in [3.63, 3.8) is 0 Å². The van der Waals surface area contributed by atoms with Crippen LogP contribution in [-0.2, 0) is 23.7 Å². The average molecular weight is 300 g/mol. The van der Waals surface area contributed by atoms with Gasteiger partial charge in [0.2, 0.25) is 5.91 Å². The van der Waals surface area contributed by atoms with Crippen molar-refractivity contribution in [1.82, 2.24) is 4.90 Å². The summed E-state index contributed by atoms with van der Waals surface area (Å²) >= 11 is 0. The standard InChI is InChI=1S/C14H24N2O5/c1-11(6-15)14(17)16-12(7-20-9-18-2)4-5-13(16)8-21-10-19-3/h11-13H,4-5,7-10H2,1-3H3/t11?,12-,13-/m1/s1. The summed E-state index contributed by atoms with van der Waals surface area (Å²) in [6.07, 6.45) is 1.66. The molecule has 1 saturated heterocycles. The van der Waals surface area contributed by atoms with E-state index in [1.807, 2.05) is 6.07 Å². The van der Waals surface area contributed by atoms with E-state index in [0.29, 0.717) is 13.2 Å². The first kappa shape index (κ1) is 17.9. The summed E-state index contributed by atoms with van der Waals surface area (Å²) in [5.41, 5.74) is 0. The van der Waals surface area contributed by atoms with Crippen LogP contribution in [0, 0.1) is 17.2 Å². The van der Waals surface area contributed by atoms with Crippen molar-refractivity contribution < 1.29 is 23.7 Å². The van der Waals surface area contributed by atoms with E-state index in [1.54, 1.807) is 26.0 Å². The molecule has 21 heavy (non-hydrogen) atoms. The maximum absolute atomic E-state index is 12.4. The van der Waals surface area contributed by atoms with E-state index in [1.165, 1.54) is 0 Å². The summed E-state index contributed by atoms with van der Waals surface area (Å²) in [6.45, 7) is 2.80. The first-order chi connectivity index (χ1) is 10.2. The molecule has 1 aliphatic heterocycles. The fourth-order valence-corrected chi connectivity index (χ4v) is 2.46. The van der Waals surface area contributed by atoms with Crippen LogP contribution in [0.4, 0.5) is 0 Å². The predicted molar refractivity (Wildman–Crippen MR) is 74.1 cm³/mol. The molecule has 0 aromatic rings. The number of hydrogen-bond acceptors (Lipinski definition) is 6. The van der Waals surface area contributed by atoms with E-state index in [2.05, 4.69) is 0 Å². The van der Waals surface area contributed by atoms with Crippen LogP contribution in [0.25, 0.3) is 0 Å². The van der Waals surface area contributed by atoms with Crippen LogP contribution in [0.2, 0.25) is 0 Å². The van der Waals surface area contributed by atoms with E-state index in [4.69, 9.17) is 24.2 Å². The van der Waals surface area contributed by atoms with Crippen molar-refractivity contribution in [2.24, 2.45) is 5.92 Å². The number of rotatable bonds is 9. The highest BCUT2D eigenvalue weighted by atomic mass is 16.7. The fraction of sp³-hybridized carbons (Fsp3) is 0.857. The van der Waals surface area contributed by atoms with Crippen molar-refractivity contribution in [3.8, 4) is 6.07 Å². The number of carbonyl (C=O) groups is 1. The highest BCUT2D eigenvalue weighted by Gasteiger charge is 2.38. The summed E-state index contributed by atoms with van der Waals surface area (Å²) in [5.74, 6) is -0.843. The molecule has 0 N–H and O–H groups in total. The minimum absolute atomic E-state index is 0.0420. The number of ether oxygens (including phenoxy) is 4. The third-order valence-corrected chi connectivity index (χ3v) is 3.46. The van der Waals surface area contributed by atoms with Gasteiger partial charge in [0, 0.05) is 14.2 Å². The minimum atomic E-state index is -0.669. The normalized spacial score (nSPS) is 23.0. The monoisotopic (exact) mass is 300 g/mol. The molecule has 1 unspecified atom stereocenters. The molecule has 0 radical (unpaired) electrons. The summed E-state index contributed by atoms with van der Waals surface area (Å²) < 4.78 is 20.4. The number of likely N-dealkylation sites (tertiary alicyclic amines) is 1. The number of nitrogens with zero attached hydrogens (tertiary/aromatic N) is 2. The number of carbonyl (C=O) groups excluding carboxylic acids is 1. The molecule has 7 nitrogen and oxygen atoms in total. The topological polar surface area (TPSA) is 81.0 Å². The van der Waals surface area contributed by atoms with Crippen LogP contribution in [0.5, 0.6) is 0 Å².